The summed E-state index contributed by atoms with van der Waals surface area (Å²) >= 11 is 5.88. The van der Waals surface area contributed by atoms with Crippen molar-refractivity contribution in [3.63, 3.8) is 0 Å². The summed E-state index contributed by atoms with van der Waals surface area (Å²) in [6, 6.07) is 4.84. The van der Waals surface area contributed by atoms with Crippen molar-refractivity contribution in [2.24, 2.45) is 0 Å². The Bertz CT molecular complexity index is 433. The lowest BCUT2D eigenvalue weighted by Gasteiger charge is -2.19. The van der Waals surface area contributed by atoms with E-state index in [9.17, 15) is 4.79 Å². The van der Waals surface area contributed by atoms with E-state index in [0.29, 0.717) is 29.4 Å². The van der Waals surface area contributed by atoms with Crippen molar-refractivity contribution in [3.8, 4) is 0 Å². The maximum atomic E-state index is 12.1. The van der Waals surface area contributed by atoms with Gasteiger partial charge in [-0.1, -0.05) is 23.8 Å². The number of carbonyl (C=O) groups excluding carboxylic acids is 1. The normalized spacial score (nSPS) is 9.71. The third kappa shape index (κ3) is 3.36. The Balaban J connectivity index is 2.95. The first-order valence-electron chi connectivity index (χ1n) is 5.16. The standard InChI is InChI=1S/C13H15ClN2O/c1-3-7-16(8-4-2)13(17)10-5-6-12(15)11(14)9-10/h3-6,9H,1-2,7-8,15H2. The van der Waals surface area contributed by atoms with Crippen LogP contribution in [0.2, 0.25) is 5.02 Å². The van der Waals surface area contributed by atoms with Gasteiger partial charge in [0.25, 0.3) is 5.91 Å². The summed E-state index contributed by atoms with van der Waals surface area (Å²) < 4.78 is 0. The fraction of sp³-hybridized carbons (Fsp3) is 0.154. The molecule has 3 nitrogen and oxygen atoms in total. The molecule has 0 radical (unpaired) electrons. The third-order valence-corrected chi connectivity index (χ3v) is 2.56. The zero-order valence-electron chi connectivity index (χ0n) is 9.53. The van der Waals surface area contributed by atoms with Crippen molar-refractivity contribution >= 4 is 23.2 Å². The first-order chi connectivity index (χ1) is 8.10. The molecule has 0 aliphatic rings. The maximum Gasteiger partial charge on any atom is 0.254 e. The van der Waals surface area contributed by atoms with Gasteiger partial charge in [-0.2, -0.15) is 0 Å². The minimum atomic E-state index is -0.119. The number of amides is 1. The highest BCUT2D eigenvalue weighted by Crippen LogP contribution is 2.20. The molecule has 0 aliphatic carbocycles. The van der Waals surface area contributed by atoms with Crippen molar-refractivity contribution in [3.05, 3.63) is 54.1 Å². The van der Waals surface area contributed by atoms with Crippen LogP contribution >= 0.6 is 11.6 Å². The summed E-state index contributed by atoms with van der Waals surface area (Å²) in [4.78, 5) is 13.7. The first kappa shape index (κ1) is 13.3. The van der Waals surface area contributed by atoms with Crippen molar-refractivity contribution in [2.45, 2.75) is 0 Å². The Morgan fingerprint density at radius 3 is 2.41 bits per heavy atom. The van der Waals surface area contributed by atoms with Gasteiger partial charge in [-0.3, -0.25) is 4.79 Å². The minimum absolute atomic E-state index is 0.119. The molecular formula is C13H15ClN2O. The molecule has 0 spiro atoms. The predicted molar refractivity (Wildman–Crippen MR) is 72.2 cm³/mol. The molecule has 0 saturated carbocycles. The summed E-state index contributed by atoms with van der Waals surface area (Å²) in [6.45, 7) is 8.16. The van der Waals surface area contributed by atoms with Gasteiger partial charge in [0.05, 0.1) is 10.7 Å². The van der Waals surface area contributed by atoms with Crippen LogP contribution in [-0.4, -0.2) is 23.9 Å². The SMILES string of the molecule is C=CCN(CC=C)C(=O)c1ccc(N)c(Cl)c1. The lowest BCUT2D eigenvalue weighted by atomic mass is 10.2. The molecule has 1 aromatic rings. The van der Waals surface area contributed by atoms with E-state index in [4.69, 9.17) is 17.3 Å². The zero-order chi connectivity index (χ0) is 12.8. The summed E-state index contributed by atoms with van der Waals surface area (Å²) in [7, 11) is 0. The van der Waals surface area contributed by atoms with Crippen LogP contribution in [0.15, 0.2) is 43.5 Å². The Labute approximate surface area is 106 Å². The number of benzene rings is 1. The van der Waals surface area contributed by atoms with Crippen molar-refractivity contribution in [1.82, 2.24) is 4.90 Å². The lowest BCUT2D eigenvalue weighted by Crippen LogP contribution is -2.31. The summed E-state index contributed by atoms with van der Waals surface area (Å²) in [5.41, 5.74) is 6.56. The van der Waals surface area contributed by atoms with Crippen LogP contribution in [0.3, 0.4) is 0 Å². The quantitative estimate of drug-likeness (QED) is 0.645. The Hall–Kier alpha value is -1.74. The minimum Gasteiger partial charge on any atom is -0.398 e. The van der Waals surface area contributed by atoms with E-state index in [1.165, 1.54) is 0 Å². The second kappa shape index (κ2) is 6.11. The number of rotatable bonds is 5. The van der Waals surface area contributed by atoms with Crippen molar-refractivity contribution in [2.75, 3.05) is 18.8 Å². The average Bonchev–Trinajstić information content (AvgIpc) is 2.31. The largest absolute Gasteiger partial charge is 0.398 e. The first-order valence-corrected chi connectivity index (χ1v) is 5.54. The summed E-state index contributed by atoms with van der Waals surface area (Å²) in [5, 5.41) is 0.382. The molecule has 1 aromatic carbocycles. The topological polar surface area (TPSA) is 46.3 Å². The molecule has 0 heterocycles. The Morgan fingerprint density at radius 2 is 1.94 bits per heavy atom. The number of nitrogens with zero attached hydrogens (tertiary/aromatic N) is 1. The molecular weight excluding hydrogens is 236 g/mol. The van der Waals surface area contributed by atoms with E-state index in [0.717, 1.165) is 0 Å². The number of halogens is 1. The molecule has 0 saturated heterocycles. The molecule has 0 aromatic heterocycles. The second-order valence-corrected chi connectivity index (χ2v) is 3.93. The molecule has 0 atom stereocenters. The van der Waals surface area contributed by atoms with Gasteiger partial charge in [-0.25, -0.2) is 0 Å². The molecule has 17 heavy (non-hydrogen) atoms. The molecule has 0 fully saturated rings. The van der Waals surface area contributed by atoms with Crippen LogP contribution in [0.1, 0.15) is 10.4 Å². The Kier molecular flexibility index (Phi) is 4.79. The van der Waals surface area contributed by atoms with Crippen LogP contribution < -0.4 is 5.73 Å². The number of anilines is 1. The zero-order valence-corrected chi connectivity index (χ0v) is 10.3. The van der Waals surface area contributed by atoms with Gasteiger partial charge in [0.2, 0.25) is 0 Å². The van der Waals surface area contributed by atoms with Crippen LogP contribution in [0, 0.1) is 0 Å². The number of hydrogen-bond donors (Lipinski definition) is 1. The third-order valence-electron chi connectivity index (χ3n) is 2.23. The van der Waals surface area contributed by atoms with Crippen LogP contribution in [0.25, 0.3) is 0 Å². The highest BCUT2D eigenvalue weighted by Gasteiger charge is 2.14. The fourth-order valence-electron chi connectivity index (χ4n) is 1.39. The molecule has 2 N–H and O–H groups in total. The average molecular weight is 251 g/mol. The number of hydrogen-bond acceptors (Lipinski definition) is 2. The van der Waals surface area contributed by atoms with Gasteiger partial charge in [0.15, 0.2) is 0 Å². The lowest BCUT2D eigenvalue weighted by molar-refractivity contribution is 0.0791. The van der Waals surface area contributed by atoms with Gasteiger partial charge in [0.1, 0.15) is 0 Å². The molecule has 0 aliphatic heterocycles. The molecule has 90 valence electrons. The van der Waals surface area contributed by atoms with Crippen molar-refractivity contribution in [1.29, 1.82) is 0 Å². The number of carbonyl (C=O) groups is 1. The van der Waals surface area contributed by atoms with E-state index < -0.39 is 0 Å². The monoisotopic (exact) mass is 250 g/mol. The number of nitrogens with two attached hydrogens (primary N) is 1. The smallest absolute Gasteiger partial charge is 0.254 e. The highest BCUT2D eigenvalue weighted by molar-refractivity contribution is 6.33. The summed E-state index contributed by atoms with van der Waals surface area (Å²) in [5.74, 6) is -0.119. The van der Waals surface area contributed by atoms with Crippen LogP contribution in [0.5, 0.6) is 0 Å². The van der Waals surface area contributed by atoms with Gasteiger partial charge in [0, 0.05) is 18.7 Å². The van der Waals surface area contributed by atoms with E-state index in [-0.39, 0.29) is 5.91 Å². The van der Waals surface area contributed by atoms with Gasteiger partial charge in [-0.15, -0.1) is 13.2 Å². The van der Waals surface area contributed by atoms with Crippen molar-refractivity contribution < 1.29 is 4.79 Å². The fourth-order valence-corrected chi connectivity index (χ4v) is 1.58. The molecule has 4 heteroatoms. The Morgan fingerprint density at radius 1 is 1.35 bits per heavy atom. The van der Waals surface area contributed by atoms with E-state index >= 15 is 0 Å². The van der Waals surface area contributed by atoms with Crippen LogP contribution in [-0.2, 0) is 0 Å². The van der Waals surface area contributed by atoms with Gasteiger partial charge >= 0.3 is 0 Å². The predicted octanol–water partition coefficient (Wildman–Crippen LogP) is 2.74. The molecule has 1 rings (SSSR count). The maximum absolute atomic E-state index is 12.1. The number of nitrogen functional groups attached to an aromatic ring is 1. The van der Waals surface area contributed by atoms with E-state index in [2.05, 4.69) is 13.2 Å². The van der Waals surface area contributed by atoms with Crippen LogP contribution in [0.4, 0.5) is 5.69 Å². The van der Waals surface area contributed by atoms with Gasteiger partial charge < -0.3 is 10.6 Å². The molecule has 1 amide bonds. The van der Waals surface area contributed by atoms with E-state index in [1.54, 1.807) is 35.3 Å². The van der Waals surface area contributed by atoms with Gasteiger partial charge in [-0.05, 0) is 18.2 Å². The van der Waals surface area contributed by atoms with E-state index in [1.807, 2.05) is 0 Å². The highest BCUT2D eigenvalue weighted by atomic mass is 35.5. The second-order valence-electron chi connectivity index (χ2n) is 3.52. The molecule has 0 unspecified atom stereocenters. The molecule has 0 bridgehead atoms. The summed E-state index contributed by atoms with van der Waals surface area (Å²) in [6.07, 6.45) is 3.33.